The van der Waals surface area contributed by atoms with Crippen LogP contribution in [0.2, 0.25) is 0 Å². The first-order valence-corrected chi connectivity index (χ1v) is 9.91. The van der Waals surface area contributed by atoms with Gasteiger partial charge in [0.2, 0.25) is 5.95 Å². The first-order valence-electron chi connectivity index (χ1n) is 9.91. The van der Waals surface area contributed by atoms with E-state index in [1.165, 1.54) is 13.3 Å². The van der Waals surface area contributed by atoms with Crippen LogP contribution in [-0.2, 0) is 9.53 Å². The molecule has 0 saturated carbocycles. The number of hydrazone groups is 1. The normalized spacial score (nSPS) is 10.5. The Morgan fingerprint density at radius 1 is 1.24 bits per heavy atom. The second-order valence-electron chi connectivity index (χ2n) is 6.46. The molecule has 10 nitrogen and oxygen atoms in total. The van der Waals surface area contributed by atoms with Crippen molar-refractivity contribution in [2.75, 3.05) is 25.7 Å². The lowest BCUT2D eigenvalue weighted by atomic mass is 10.1. The molecular weight excluding hydrogens is 426 g/mol. The van der Waals surface area contributed by atoms with Crippen molar-refractivity contribution in [1.82, 2.24) is 9.97 Å². The molecule has 0 fully saturated rings. The fourth-order valence-corrected chi connectivity index (χ4v) is 2.88. The van der Waals surface area contributed by atoms with Gasteiger partial charge in [0.25, 0.3) is 5.56 Å². The van der Waals surface area contributed by atoms with Crippen LogP contribution >= 0.6 is 0 Å². The SMILES string of the molecule is CCOC(=O)COc1c(C=NNc2nc(-c3ccccc3)c(C#N)c(=O)[nH]2)cccc1OC. The summed E-state index contributed by atoms with van der Waals surface area (Å²) in [6.07, 6.45) is 1.42. The van der Waals surface area contributed by atoms with Gasteiger partial charge in [0.15, 0.2) is 18.1 Å². The first kappa shape index (κ1) is 23.0. The molecule has 0 aliphatic heterocycles. The van der Waals surface area contributed by atoms with Crippen molar-refractivity contribution >= 4 is 18.1 Å². The molecule has 3 rings (SSSR count). The van der Waals surface area contributed by atoms with E-state index in [0.717, 1.165) is 0 Å². The zero-order valence-corrected chi connectivity index (χ0v) is 18.0. The number of anilines is 1. The number of hydrogen-bond acceptors (Lipinski definition) is 9. The molecule has 0 unspecified atom stereocenters. The van der Waals surface area contributed by atoms with Crippen molar-refractivity contribution < 1.29 is 19.0 Å². The highest BCUT2D eigenvalue weighted by molar-refractivity contribution is 5.86. The molecule has 0 aliphatic rings. The number of carbonyl (C=O) groups is 1. The molecule has 2 N–H and O–H groups in total. The first-order chi connectivity index (χ1) is 16.1. The van der Waals surface area contributed by atoms with Gasteiger partial charge in [-0.05, 0) is 19.1 Å². The van der Waals surface area contributed by atoms with Gasteiger partial charge in [-0.1, -0.05) is 36.4 Å². The summed E-state index contributed by atoms with van der Waals surface area (Å²) in [5.41, 5.74) is 3.32. The third-order valence-corrected chi connectivity index (χ3v) is 4.32. The summed E-state index contributed by atoms with van der Waals surface area (Å²) in [6, 6.07) is 15.9. The highest BCUT2D eigenvalue weighted by Gasteiger charge is 2.14. The van der Waals surface area contributed by atoms with Crippen molar-refractivity contribution in [1.29, 1.82) is 5.26 Å². The van der Waals surface area contributed by atoms with Crippen LogP contribution < -0.4 is 20.5 Å². The average Bonchev–Trinajstić information content (AvgIpc) is 2.83. The lowest BCUT2D eigenvalue weighted by Crippen LogP contribution is -2.16. The Balaban J connectivity index is 1.86. The van der Waals surface area contributed by atoms with E-state index in [2.05, 4.69) is 20.5 Å². The van der Waals surface area contributed by atoms with Crippen LogP contribution in [0, 0.1) is 11.3 Å². The lowest BCUT2D eigenvalue weighted by molar-refractivity contribution is -0.145. The molecule has 33 heavy (non-hydrogen) atoms. The minimum Gasteiger partial charge on any atom is -0.493 e. The van der Waals surface area contributed by atoms with Gasteiger partial charge in [-0.15, -0.1) is 0 Å². The highest BCUT2D eigenvalue weighted by atomic mass is 16.6. The number of nitriles is 1. The Hall–Kier alpha value is -4.65. The minimum atomic E-state index is -0.594. The van der Waals surface area contributed by atoms with Crippen LogP contribution in [0.3, 0.4) is 0 Å². The van der Waals surface area contributed by atoms with Gasteiger partial charge in [0, 0.05) is 11.1 Å². The summed E-state index contributed by atoms with van der Waals surface area (Å²) in [4.78, 5) is 30.8. The molecule has 3 aromatic rings. The number of carbonyl (C=O) groups excluding carboxylic acids is 1. The number of rotatable bonds is 9. The molecule has 0 bridgehead atoms. The molecule has 0 radical (unpaired) electrons. The second-order valence-corrected chi connectivity index (χ2v) is 6.46. The van der Waals surface area contributed by atoms with Crippen LogP contribution in [-0.4, -0.2) is 42.5 Å². The van der Waals surface area contributed by atoms with E-state index in [1.54, 1.807) is 49.4 Å². The number of aromatic amines is 1. The number of hydrogen-bond donors (Lipinski definition) is 2. The Morgan fingerprint density at radius 2 is 2.03 bits per heavy atom. The monoisotopic (exact) mass is 447 g/mol. The van der Waals surface area contributed by atoms with Crippen LogP contribution in [0.15, 0.2) is 58.4 Å². The zero-order valence-electron chi connectivity index (χ0n) is 18.0. The standard InChI is InChI=1S/C23H21N5O5/c1-3-32-19(29)14-33-21-16(10-7-11-18(21)31-2)13-25-28-23-26-20(15-8-5-4-6-9-15)17(12-24)22(30)27-23/h4-11,13H,3,14H2,1-2H3,(H2,26,27,28,30). The van der Waals surface area contributed by atoms with Gasteiger partial charge >= 0.3 is 5.97 Å². The molecule has 168 valence electrons. The van der Waals surface area contributed by atoms with Crippen molar-refractivity contribution in [3.8, 4) is 28.8 Å². The lowest BCUT2D eigenvalue weighted by Gasteiger charge is -2.12. The minimum absolute atomic E-state index is 0.0472. The predicted octanol–water partition coefficient (Wildman–Crippen LogP) is 2.71. The van der Waals surface area contributed by atoms with Crippen LogP contribution in [0.5, 0.6) is 11.5 Å². The number of nitrogens with zero attached hydrogens (tertiary/aromatic N) is 3. The summed E-state index contributed by atoms with van der Waals surface area (Å²) in [5.74, 6) is 0.229. The highest BCUT2D eigenvalue weighted by Crippen LogP contribution is 2.30. The largest absolute Gasteiger partial charge is 0.493 e. The van der Waals surface area contributed by atoms with Crippen molar-refractivity contribution in [2.45, 2.75) is 6.92 Å². The van der Waals surface area contributed by atoms with E-state index >= 15 is 0 Å². The number of aromatic nitrogens is 2. The molecule has 0 aliphatic carbocycles. The fraction of sp³-hybridized carbons (Fsp3) is 0.174. The third-order valence-electron chi connectivity index (χ3n) is 4.32. The third kappa shape index (κ3) is 5.74. The van der Waals surface area contributed by atoms with E-state index in [0.29, 0.717) is 22.6 Å². The van der Waals surface area contributed by atoms with Crippen molar-refractivity contribution in [3.05, 3.63) is 70.0 Å². The molecule has 1 aromatic heterocycles. The fourth-order valence-electron chi connectivity index (χ4n) is 2.88. The van der Waals surface area contributed by atoms with Crippen LogP contribution in [0.25, 0.3) is 11.3 Å². The summed E-state index contributed by atoms with van der Waals surface area (Å²) in [6.45, 7) is 1.65. The molecule has 0 saturated heterocycles. The number of para-hydroxylation sites is 1. The maximum absolute atomic E-state index is 12.3. The second kappa shape index (κ2) is 11.1. The number of ether oxygens (including phenoxy) is 3. The Morgan fingerprint density at radius 3 is 2.73 bits per heavy atom. The molecule has 0 amide bonds. The van der Waals surface area contributed by atoms with Crippen LogP contribution in [0.4, 0.5) is 5.95 Å². The molecule has 0 spiro atoms. The van der Waals surface area contributed by atoms with E-state index < -0.39 is 11.5 Å². The van der Waals surface area contributed by atoms with E-state index in [-0.39, 0.29) is 30.4 Å². The zero-order chi connectivity index (χ0) is 23.6. The number of esters is 1. The number of nitrogens with one attached hydrogen (secondary N) is 2. The number of benzene rings is 2. The van der Waals surface area contributed by atoms with Gasteiger partial charge < -0.3 is 14.2 Å². The van der Waals surface area contributed by atoms with E-state index in [4.69, 9.17) is 14.2 Å². The van der Waals surface area contributed by atoms with E-state index in [9.17, 15) is 14.9 Å². The van der Waals surface area contributed by atoms with Gasteiger partial charge in [-0.25, -0.2) is 15.2 Å². The summed E-state index contributed by atoms with van der Waals surface area (Å²) < 4.78 is 15.8. The molecule has 2 aromatic carbocycles. The van der Waals surface area contributed by atoms with Crippen molar-refractivity contribution in [3.63, 3.8) is 0 Å². The maximum Gasteiger partial charge on any atom is 0.344 e. The van der Waals surface area contributed by atoms with Crippen molar-refractivity contribution in [2.24, 2.45) is 5.10 Å². The maximum atomic E-state index is 12.3. The molecule has 10 heteroatoms. The quantitative estimate of drug-likeness (QED) is 0.290. The summed E-state index contributed by atoms with van der Waals surface area (Å²) in [7, 11) is 1.47. The van der Waals surface area contributed by atoms with Gasteiger partial charge in [-0.2, -0.15) is 10.4 Å². The number of methoxy groups -OCH3 is 1. The molecule has 1 heterocycles. The van der Waals surface area contributed by atoms with E-state index in [1.807, 2.05) is 12.1 Å². The Labute approximate surface area is 189 Å². The summed E-state index contributed by atoms with van der Waals surface area (Å²) in [5, 5.41) is 13.5. The van der Waals surface area contributed by atoms with Gasteiger partial charge in [-0.3, -0.25) is 9.78 Å². The van der Waals surface area contributed by atoms with Crippen LogP contribution in [0.1, 0.15) is 18.1 Å². The smallest absolute Gasteiger partial charge is 0.344 e. The molecule has 0 atom stereocenters. The topological polar surface area (TPSA) is 139 Å². The Kier molecular flexibility index (Phi) is 7.75. The van der Waals surface area contributed by atoms with Gasteiger partial charge in [0.05, 0.1) is 25.6 Å². The molecular formula is C23H21N5O5. The summed E-state index contributed by atoms with van der Waals surface area (Å²) >= 11 is 0. The van der Waals surface area contributed by atoms with Gasteiger partial charge in [0.1, 0.15) is 11.6 Å². The number of H-pyrrole nitrogens is 1. The predicted molar refractivity (Wildman–Crippen MR) is 121 cm³/mol. The Bertz CT molecular complexity index is 1250. The average molecular weight is 447 g/mol.